The topological polar surface area (TPSA) is 15.8 Å². The van der Waals surface area contributed by atoms with E-state index in [2.05, 4.69) is 103 Å². The van der Waals surface area contributed by atoms with E-state index in [0.29, 0.717) is 0 Å². The van der Waals surface area contributed by atoms with Crippen molar-refractivity contribution in [2.24, 2.45) is 0 Å². The van der Waals surface area contributed by atoms with Crippen LogP contribution in [0.2, 0.25) is 0 Å². The van der Waals surface area contributed by atoms with Crippen LogP contribution in [-0.4, -0.2) is 4.98 Å². The molecule has 0 fully saturated rings. The van der Waals surface area contributed by atoms with Crippen molar-refractivity contribution in [3.05, 3.63) is 96.6 Å². The molecule has 1 aromatic heterocycles. The van der Waals surface area contributed by atoms with Gasteiger partial charge in [-0.3, -0.25) is 0 Å². The number of rotatable bonds is 1. The monoisotopic (exact) mass is 357 g/mol. The van der Waals surface area contributed by atoms with Gasteiger partial charge in [-0.15, -0.1) is 0 Å². The number of fused-ring (bicyclic) bond motifs is 7. The molecule has 5 aromatic carbocycles. The second kappa shape index (κ2) is 5.71. The van der Waals surface area contributed by atoms with Gasteiger partial charge in [0, 0.05) is 21.5 Å². The average molecular weight is 357 g/mol. The van der Waals surface area contributed by atoms with E-state index < -0.39 is 0 Å². The Bertz CT molecular complexity index is 1500. The Morgan fingerprint density at radius 3 is 2.00 bits per heavy atom. The van der Waals surface area contributed by atoms with Gasteiger partial charge >= 0.3 is 0 Å². The number of nitrogens with one attached hydrogen (secondary N) is 1. The van der Waals surface area contributed by atoms with Gasteiger partial charge in [-0.2, -0.15) is 0 Å². The molecule has 1 N–H and O–H groups in total. The number of hydrogen-bond acceptors (Lipinski definition) is 0. The second-order valence-electron chi connectivity index (χ2n) is 7.59. The van der Waals surface area contributed by atoms with E-state index in [0.717, 1.165) is 0 Å². The zero-order chi connectivity index (χ0) is 18.7. The van der Waals surface area contributed by atoms with E-state index in [9.17, 15) is 0 Å². The predicted molar refractivity (Wildman–Crippen MR) is 121 cm³/mol. The third-order valence-corrected chi connectivity index (χ3v) is 5.88. The lowest BCUT2D eigenvalue weighted by molar-refractivity contribution is 1.47. The van der Waals surface area contributed by atoms with Crippen molar-refractivity contribution in [3.63, 3.8) is 0 Å². The summed E-state index contributed by atoms with van der Waals surface area (Å²) in [4.78, 5) is 3.75. The number of aryl methyl sites for hydroxylation is 1. The molecule has 132 valence electrons. The van der Waals surface area contributed by atoms with E-state index in [4.69, 9.17) is 0 Å². The standard InChI is InChI=1S/C27H19N/c1-17-10-12-19(13-11-17)24-16-25-23-15-14-18-6-2-3-7-20(18)26(23)28-27(25)22-9-5-4-8-21(22)24/h2-16,28H,1H3. The minimum absolute atomic E-state index is 1.22. The van der Waals surface area contributed by atoms with E-state index in [1.165, 1.54) is 60.0 Å². The van der Waals surface area contributed by atoms with Crippen LogP contribution in [-0.2, 0) is 0 Å². The van der Waals surface area contributed by atoms with Crippen LogP contribution in [0.15, 0.2) is 91.0 Å². The largest absolute Gasteiger partial charge is 0.353 e. The van der Waals surface area contributed by atoms with Crippen molar-refractivity contribution in [1.82, 2.24) is 4.98 Å². The van der Waals surface area contributed by atoms with Gasteiger partial charge in [-0.25, -0.2) is 0 Å². The van der Waals surface area contributed by atoms with Crippen molar-refractivity contribution in [2.75, 3.05) is 0 Å². The van der Waals surface area contributed by atoms with Gasteiger partial charge in [0.05, 0.1) is 11.0 Å². The molecule has 1 heteroatoms. The summed E-state index contributed by atoms with van der Waals surface area (Å²) in [5, 5.41) is 7.68. The molecule has 0 aliphatic carbocycles. The van der Waals surface area contributed by atoms with Gasteiger partial charge in [-0.05, 0) is 34.9 Å². The molecule has 0 spiro atoms. The second-order valence-corrected chi connectivity index (χ2v) is 7.59. The number of hydrogen-bond donors (Lipinski definition) is 1. The molecule has 0 radical (unpaired) electrons. The lowest BCUT2D eigenvalue weighted by atomic mass is 9.94. The van der Waals surface area contributed by atoms with Crippen LogP contribution in [0.1, 0.15) is 5.56 Å². The zero-order valence-corrected chi connectivity index (χ0v) is 15.7. The van der Waals surface area contributed by atoms with Gasteiger partial charge in [-0.1, -0.05) is 90.5 Å². The molecule has 1 heterocycles. The Hall–Kier alpha value is -3.58. The van der Waals surface area contributed by atoms with Gasteiger partial charge in [0.15, 0.2) is 0 Å². The molecular weight excluding hydrogens is 338 g/mol. The molecule has 0 saturated heterocycles. The Balaban J connectivity index is 1.81. The lowest BCUT2D eigenvalue weighted by Gasteiger charge is -2.09. The molecule has 1 nitrogen and oxygen atoms in total. The molecule has 6 aromatic rings. The fraction of sp³-hybridized carbons (Fsp3) is 0.0370. The summed E-state index contributed by atoms with van der Waals surface area (Å²) in [5.41, 5.74) is 6.28. The highest BCUT2D eigenvalue weighted by atomic mass is 14.7. The zero-order valence-electron chi connectivity index (χ0n) is 15.7. The van der Waals surface area contributed by atoms with Crippen LogP contribution in [0.25, 0.3) is 54.5 Å². The molecule has 0 bridgehead atoms. The highest BCUT2D eigenvalue weighted by Gasteiger charge is 2.14. The predicted octanol–water partition coefficient (Wildman–Crippen LogP) is 7.60. The fourth-order valence-electron chi connectivity index (χ4n) is 4.45. The number of aromatic nitrogens is 1. The minimum atomic E-state index is 1.22. The summed E-state index contributed by atoms with van der Waals surface area (Å²) in [6.07, 6.45) is 0. The van der Waals surface area contributed by atoms with E-state index >= 15 is 0 Å². The molecule has 0 aliphatic heterocycles. The molecule has 0 amide bonds. The first-order valence-corrected chi connectivity index (χ1v) is 9.71. The maximum absolute atomic E-state index is 3.75. The Labute approximate surface area is 163 Å². The van der Waals surface area contributed by atoms with Crippen molar-refractivity contribution in [1.29, 1.82) is 0 Å². The SMILES string of the molecule is Cc1ccc(-c2cc3c4ccc5ccccc5c4[nH]c3c3ccccc23)cc1. The Morgan fingerprint density at radius 1 is 0.536 bits per heavy atom. The molecule has 0 unspecified atom stereocenters. The van der Waals surface area contributed by atoms with Gasteiger partial charge in [0.2, 0.25) is 0 Å². The van der Waals surface area contributed by atoms with E-state index in [-0.39, 0.29) is 0 Å². The third kappa shape index (κ3) is 2.13. The van der Waals surface area contributed by atoms with Crippen LogP contribution in [0, 0.1) is 6.92 Å². The van der Waals surface area contributed by atoms with E-state index in [1.807, 2.05) is 0 Å². The Morgan fingerprint density at radius 2 is 1.18 bits per heavy atom. The van der Waals surface area contributed by atoms with Crippen molar-refractivity contribution >= 4 is 43.4 Å². The van der Waals surface area contributed by atoms with Crippen LogP contribution >= 0.6 is 0 Å². The summed E-state index contributed by atoms with van der Waals surface area (Å²) < 4.78 is 0. The van der Waals surface area contributed by atoms with E-state index in [1.54, 1.807) is 0 Å². The maximum atomic E-state index is 3.75. The van der Waals surface area contributed by atoms with Crippen LogP contribution in [0.4, 0.5) is 0 Å². The summed E-state index contributed by atoms with van der Waals surface area (Å²) in [7, 11) is 0. The van der Waals surface area contributed by atoms with Gasteiger partial charge in [0.1, 0.15) is 0 Å². The third-order valence-electron chi connectivity index (χ3n) is 5.88. The molecule has 28 heavy (non-hydrogen) atoms. The number of benzene rings is 5. The summed E-state index contributed by atoms with van der Waals surface area (Å²) in [6.45, 7) is 2.13. The highest BCUT2D eigenvalue weighted by molar-refractivity contribution is 6.24. The highest BCUT2D eigenvalue weighted by Crippen LogP contribution is 2.39. The Kier molecular flexibility index (Phi) is 3.15. The van der Waals surface area contributed by atoms with Gasteiger partial charge in [0.25, 0.3) is 0 Å². The summed E-state index contributed by atoms with van der Waals surface area (Å²) in [6, 6.07) is 33.0. The maximum Gasteiger partial charge on any atom is 0.0545 e. The first kappa shape index (κ1) is 15.5. The first-order valence-electron chi connectivity index (χ1n) is 9.71. The van der Waals surface area contributed by atoms with Gasteiger partial charge < -0.3 is 4.98 Å². The molecular formula is C27H19N. The van der Waals surface area contributed by atoms with Crippen LogP contribution in [0.5, 0.6) is 0 Å². The molecule has 0 aliphatic rings. The summed E-state index contributed by atoms with van der Waals surface area (Å²) >= 11 is 0. The van der Waals surface area contributed by atoms with Crippen molar-refractivity contribution in [3.8, 4) is 11.1 Å². The first-order chi connectivity index (χ1) is 13.8. The van der Waals surface area contributed by atoms with Crippen LogP contribution < -0.4 is 0 Å². The van der Waals surface area contributed by atoms with Crippen molar-refractivity contribution in [2.45, 2.75) is 6.92 Å². The smallest absolute Gasteiger partial charge is 0.0545 e. The van der Waals surface area contributed by atoms with Crippen molar-refractivity contribution < 1.29 is 0 Å². The fourth-order valence-corrected chi connectivity index (χ4v) is 4.45. The normalized spacial score (nSPS) is 11.8. The molecule has 0 saturated carbocycles. The average Bonchev–Trinajstić information content (AvgIpc) is 3.13. The molecule has 0 atom stereocenters. The molecule has 6 rings (SSSR count). The number of aromatic amines is 1. The van der Waals surface area contributed by atoms with Crippen LogP contribution in [0.3, 0.4) is 0 Å². The number of H-pyrrole nitrogens is 1. The lowest BCUT2D eigenvalue weighted by Crippen LogP contribution is -1.84. The minimum Gasteiger partial charge on any atom is -0.353 e. The quantitative estimate of drug-likeness (QED) is 0.312. The summed E-state index contributed by atoms with van der Waals surface area (Å²) in [5.74, 6) is 0.